The molecular weight excluding hydrogens is 342 g/mol. The van der Waals surface area contributed by atoms with Crippen molar-refractivity contribution >= 4 is 40.6 Å². The molecule has 0 radical (unpaired) electrons. The summed E-state index contributed by atoms with van der Waals surface area (Å²) < 4.78 is 0.0744. The lowest BCUT2D eigenvalue weighted by Gasteiger charge is -2.36. The van der Waals surface area contributed by atoms with E-state index in [9.17, 15) is 4.79 Å². The van der Waals surface area contributed by atoms with E-state index in [0.717, 1.165) is 44.1 Å². The second-order valence-corrected chi connectivity index (χ2v) is 9.27. The summed E-state index contributed by atoms with van der Waals surface area (Å²) in [7, 11) is 0. The molecule has 0 saturated carbocycles. The minimum atomic E-state index is 0.0191. The van der Waals surface area contributed by atoms with E-state index in [2.05, 4.69) is 42.8 Å². The fourth-order valence-electron chi connectivity index (χ4n) is 2.66. The summed E-state index contributed by atoms with van der Waals surface area (Å²) in [4.78, 5) is 17.1. The molecule has 0 spiro atoms. The summed E-state index contributed by atoms with van der Waals surface area (Å²) >= 11 is 7.80. The standard InChI is InChI=1S/C18H28ClN3OS/c1-5-21-8-10-22(11-9-21)16-7-6-14(19)12-15(16)20-17(23)13-24-18(2,3)4/h6-7,12H,5,8-11,13H2,1-4H3,(H,20,23). The number of halogens is 1. The van der Waals surface area contributed by atoms with Crippen LogP contribution in [0.25, 0.3) is 0 Å². The van der Waals surface area contributed by atoms with Gasteiger partial charge in [0, 0.05) is 35.9 Å². The van der Waals surface area contributed by atoms with Crippen molar-refractivity contribution < 1.29 is 4.79 Å². The molecule has 1 aliphatic rings. The summed E-state index contributed by atoms with van der Waals surface area (Å²) in [6.45, 7) is 13.6. The van der Waals surface area contributed by atoms with Gasteiger partial charge in [-0.05, 0) is 24.7 Å². The van der Waals surface area contributed by atoms with Gasteiger partial charge in [-0.3, -0.25) is 4.79 Å². The van der Waals surface area contributed by atoms with E-state index < -0.39 is 0 Å². The van der Waals surface area contributed by atoms with Gasteiger partial charge in [0.15, 0.2) is 0 Å². The van der Waals surface area contributed by atoms with Crippen LogP contribution in [0.1, 0.15) is 27.7 Å². The topological polar surface area (TPSA) is 35.6 Å². The summed E-state index contributed by atoms with van der Waals surface area (Å²) in [6, 6.07) is 5.75. The number of nitrogens with zero attached hydrogens (tertiary/aromatic N) is 2. The summed E-state index contributed by atoms with van der Waals surface area (Å²) in [5.41, 5.74) is 1.87. The molecule has 1 aromatic carbocycles. The third-order valence-corrected chi connectivity index (χ3v) is 5.54. The predicted molar refractivity (Wildman–Crippen MR) is 107 cm³/mol. The Labute approximate surface area is 154 Å². The number of nitrogens with one attached hydrogen (secondary N) is 1. The lowest BCUT2D eigenvalue weighted by molar-refractivity contribution is -0.113. The third kappa shape index (κ3) is 5.87. The number of likely N-dealkylation sites (N-methyl/N-ethyl adjacent to an activating group) is 1. The second-order valence-electron chi connectivity index (χ2n) is 7.03. The smallest absolute Gasteiger partial charge is 0.234 e. The van der Waals surface area contributed by atoms with Gasteiger partial charge in [-0.1, -0.05) is 39.3 Å². The van der Waals surface area contributed by atoms with Crippen LogP contribution < -0.4 is 10.2 Å². The van der Waals surface area contributed by atoms with Gasteiger partial charge >= 0.3 is 0 Å². The molecule has 4 nitrogen and oxygen atoms in total. The SMILES string of the molecule is CCN1CCN(c2ccc(Cl)cc2NC(=O)CSC(C)(C)C)CC1. The first-order chi connectivity index (χ1) is 11.3. The van der Waals surface area contributed by atoms with Crippen molar-refractivity contribution in [2.75, 3.05) is 48.7 Å². The number of rotatable bonds is 5. The Balaban J connectivity index is 2.06. The predicted octanol–water partition coefficient (Wildman–Crippen LogP) is 3.95. The number of amides is 1. The van der Waals surface area contributed by atoms with Gasteiger partial charge in [-0.25, -0.2) is 0 Å². The summed E-state index contributed by atoms with van der Waals surface area (Å²) in [5, 5.41) is 3.69. The average molecular weight is 370 g/mol. The zero-order chi connectivity index (χ0) is 17.7. The molecule has 0 aromatic heterocycles. The van der Waals surface area contributed by atoms with E-state index in [-0.39, 0.29) is 10.7 Å². The molecule has 0 unspecified atom stereocenters. The van der Waals surface area contributed by atoms with Gasteiger partial charge in [0.1, 0.15) is 0 Å². The maximum absolute atomic E-state index is 12.3. The molecule has 1 N–H and O–H groups in total. The highest BCUT2D eigenvalue weighted by Crippen LogP contribution is 2.31. The van der Waals surface area contributed by atoms with E-state index in [1.54, 1.807) is 11.8 Å². The largest absolute Gasteiger partial charge is 0.367 e. The Kier molecular flexibility index (Phi) is 6.84. The van der Waals surface area contributed by atoms with Crippen LogP contribution in [0, 0.1) is 0 Å². The molecule has 0 aliphatic carbocycles. The minimum Gasteiger partial charge on any atom is -0.367 e. The molecule has 1 aliphatic heterocycles. The maximum atomic E-state index is 12.3. The van der Waals surface area contributed by atoms with Crippen molar-refractivity contribution in [2.45, 2.75) is 32.4 Å². The molecule has 1 saturated heterocycles. The number of piperazine rings is 1. The summed E-state index contributed by atoms with van der Waals surface area (Å²) in [5.74, 6) is 0.463. The van der Waals surface area contributed by atoms with E-state index in [1.165, 1.54) is 0 Å². The zero-order valence-electron chi connectivity index (χ0n) is 15.1. The molecule has 6 heteroatoms. The fraction of sp³-hybridized carbons (Fsp3) is 0.611. The Hall–Kier alpha value is -0.910. The number of hydrogen-bond donors (Lipinski definition) is 1. The van der Waals surface area contributed by atoms with Gasteiger partial charge in [0.05, 0.1) is 17.1 Å². The lowest BCUT2D eigenvalue weighted by atomic mass is 10.2. The highest BCUT2D eigenvalue weighted by molar-refractivity contribution is 8.01. The van der Waals surface area contributed by atoms with Crippen molar-refractivity contribution in [1.82, 2.24) is 4.90 Å². The van der Waals surface area contributed by atoms with Gasteiger partial charge in [-0.2, -0.15) is 0 Å². The molecule has 1 amide bonds. The molecule has 134 valence electrons. The van der Waals surface area contributed by atoms with Crippen LogP contribution >= 0.6 is 23.4 Å². The van der Waals surface area contributed by atoms with Crippen LogP contribution in [0.3, 0.4) is 0 Å². The Morgan fingerprint density at radius 1 is 1.25 bits per heavy atom. The average Bonchev–Trinajstić information content (AvgIpc) is 2.53. The first kappa shape index (κ1) is 19.4. The number of carbonyl (C=O) groups is 1. The molecule has 1 heterocycles. The zero-order valence-corrected chi connectivity index (χ0v) is 16.6. The Morgan fingerprint density at radius 3 is 2.50 bits per heavy atom. The highest BCUT2D eigenvalue weighted by Gasteiger charge is 2.20. The summed E-state index contributed by atoms with van der Waals surface area (Å²) in [6.07, 6.45) is 0. The van der Waals surface area contributed by atoms with Crippen molar-refractivity contribution in [1.29, 1.82) is 0 Å². The molecule has 1 aromatic rings. The first-order valence-corrected chi connectivity index (χ1v) is 9.85. The lowest BCUT2D eigenvalue weighted by Crippen LogP contribution is -2.46. The first-order valence-electron chi connectivity index (χ1n) is 8.49. The molecule has 0 atom stereocenters. The van der Waals surface area contributed by atoms with Gasteiger partial charge < -0.3 is 15.1 Å². The van der Waals surface area contributed by atoms with Crippen molar-refractivity contribution in [2.24, 2.45) is 0 Å². The van der Waals surface area contributed by atoms with Gasteiger partial charge in [-0.15, -0.1) is 11.8 Å². The monoisotopic (exact) mass is 369 g/mol. The van der Waals surface area contributed by atoms with Crippen LogP contribution in [0.5, 0.6) is 0 Å². The Bertz CT molecular complexity index is 566. The van der Waals surface area contributed by atoms with Gasteiger partial charge in [0.2, 0.25) is 5.91 Å². The number of carbonyl (C=O) groups excluding carboxylic acids is 1. The maximum Gasteiger partial charge on any atom is 0.234 e. The molecule has 0 bridgehead atoms. The van der Waals surface area contributed by atoms with Crippen LogP contribution in [0.2, 0.25) is 5.02 Å². The highest BCUT2D eigenvalue weighted by atomic mass is 35.5. The number of thioether (sulfide) groups is 1. The van der Waals surface area contributed by atoms with Crippen LogP contribution in [0.4, 0.5) is 11.4 Å². The second kappa shape index (κ2) is 8.45. The number of hydrogen-bond acceptors (Lipinski definition) is 4. The molecule has 24 heavy (non-hydrogen) atoms. The van der Waals surface area contributed by atoms with E-state index in [0.29, 0.717) is 10.8 Å². The third-order valence-electron chi connectivity index (χ3n) is 4.03. The quantitative estimate of drug-likeness (QED) is 0.852. The Morgan fingerprint density at radius 2 is 1.92 bits per heavy atom. The van der Waals surface area contributed by atoms with Crippen LogP contribution in [0.15, 0.2) is 18.2 Å². The molecular formula is C18H28ClN3OS. The van der Waals surface area contributed by atoms with Crippen molar-refractivity contribution in [3.05, 3.63) is 23.2 Å². The van der Waals surface area contributed by atoms with Crippen molar-refractivity contribution in [3.63, 3.8) is 0 Å². The van der Waals surface area contributed by atoms with Gasteiger partial charge in [0.25, 0.3) is 0 Å². The van der Waals surface area contributed by atoms with E-state index in [4.69, 9.17) is 11.6 Å². The molecule has 2 rings (SSSR count). The van der Waals surface area contributed by atoms with E-state index in [1.807, 2.05) is 18.2 Å². The molecule has 1 fully saturated rings. The van der Waals surface area contributed by atoms with Crippen molar-refractivity contribution in [3.8, 4) is 0 Å². The normalized spacial score (nSPS) is 16.3. The van der Waals surface area contributed by atoms with Crippen LogP contribution in [-0.2, 0) is 4.79 Å². The number of anilines is 2. The minimum absolute atomic E-state index is 0.0191. The van der Waals surface area contributed by atoms with E-state index >= 15 is 0 Å². The van der Waals surface area contributed by atoms with Crippen LogP contribution in [-0.4, -0.2) is 54.0 Å². The fourth-order valence-corrected chi connectivity index (χ4v) is 3.47. The number of benzene rings is 1.